The second-order valence-electron chi connectivity index (χ2n) is 6.45. The Hall–Kier alpha value is 0. The van der Waals surface area contributed by atoms with E-state index in [9.17, 15) is 4.79 Å². The molecule has 1 rings (SSSR count). The average Bonchev–Trinajstić information content (AvgIpc) is 2.38. The molecule has 0 saturated carbocycles. The minimum Gasteiger partial charge on any atom is -0.444 e. The molecule has 17 heavy (non-hydrogen) atoms. The Bertz CT molecular complexity index is 284. The molecule has 1 fully saturated rings. The van der Waals surface area contributed by atoms with Crippen LogP contribution in [0.2, 0.25) is 0 Å². The van der Waals surface area contributed by atoms with Gasteiger partial charge in [0.25, 0.3) is 0 Å². The van der Waals surface area contributed by atoms with Gasteiger partial charge < -0.3 is 9.64 Å². The first-order chi connectivity index (χ1) is 7.65. The Morgan fingerprint density at radius 3 is 2.53 bits per heavy atom. The van der Waals surface area contributed by atoms with Crippen LogP contribution in [-0.2, 0) is 4.74 Å². The molecule has 0 aliphatic carbocycles. The molecule has 0 radical (unpaired) electrons. The van der Waals surface area contributed by atoms with E-state index in [0.29, 0.717) is 5.92 Å². The maximum absolute atomic E-state index is 12.1. The number of nitrogens with zero attached hydrogens (tertiary/aromatic N) is 1. The lowest BCUT2D eigenvalue weighted by Gasteiger charge is -2.33. The fourth-order valence-electron chi connectivity index (χ4n) is 2.37. The SMILES string of the molecule is CC(C)(C)OC(=O)N1C[C@@H](CCI)CC1(C)C. The van der Waals surface area contributed by atoms with E-state index in [-0.39, 0.29) is 11.6 Å². The van der Waals surface area contributed by atoms with Gasteiger partial charge in [-0.05, 0) is 57.8 Å². The van der Waals surface area contributed by atoms with E-state index in [4.69, 9.17) is 4.74 Å². The number of likely N-dealkylation sites (tertiary alicyclic amines) is 1. The number of alkyl halides is 1. The van der Waals surface area contributed by atoms with E-state index >= 15 is 0 Å². The quantitative estimate of drug-likeness (QED) is 0.558. The van der Waals surface area contributed by atoms with Crippen molar-refractivity contribution in [2.24, 2.45) is 5.92 Å². The first-order valence-corrected chi connectivity index (χ1v) is 7.75. The van der Waals surface area contributed by atoms with Crippen LogP contribution in [0, 0.1) is 5.92 Å². The molecule has 1 atom stereocenters. The molecule has 0 unspecified atom stereocenters. The molecule has 1 amide bonds. The standard InChI is InChI=1S/C13H24INO2/c1-12(2,3)17-11(16)15-9-10(6-7-14)8-13(15,4)5/h10H,6-9H2,1-5H3/t10-/m0/s1. The second kappa shape index (κ2) is 5.33. The van der Waals surface area contributed by atoms with E-state index in [1.165, 1.54) is 6.42 Å². The molecule has 0 aromatic rings. The maximum Gasteiger partial charge on any atom is 0.410 e. The van der Waals surface area contributed by atoms with Crippen LogP contribution in [0.4, 0.5) is 4.79 Å². The van der Waals surface area contributed by atoms with Gasteiger partial charge in [-0.1, -0.05) is 22.6 Å². The highest BCUT2D eigenvalue weighted by Crippen LogP contribution is 2.35. The number of hydrogen-bond acceptors (Lipinski definition) is 2. The van der Waals surface area contributed by atoms with E-state index in [0.717, 1.165) is 17.4 Å². The number of amides is 1. The first-order valence-electron chi connectivity index (χ1n) is 6.22. The smallest absolute Gasteiger partial charge is 0.410 e. The summed E-state index contributed by atoms with van der Waals surface area (Å²) in [7, 11) is 0. The lowest BCUT2D eigenvalue weighted by molar-refractivity contribution is 0.0131. The van der Waals surface area contributed by atoms with Gasteiger partial charge in [0, 0.05) is 12.1 Å². The largest absolute Gasteiger partial charge is 0.444 e. The van der Waals surface area contributed by atoms with Crippen LogP contribution < -0.4 is 0 Å². The fraction of sp³-hybridized carbons (Fsp3) is 0.923. The summed E-state index contributed by atoms with van der Waals surface area (Å²) in [4.78, 5) is 14.0. The summed E-state index contributed by atoms with van der Waals surface area (Å²) >= 11 is 2.40. The van der Waals surface area contributed by atoms with Gasteiger partial charge >= 0.3 is 6.09 Å². The molecule has 0 bridgehead atoms. The van der Waals surface area contributed by atoms with Crippen molar-refractivity contribution < 1.29 is 9.53 Å². The van der Waals surface area contributed by atoms with Gasteiger partial charge in [0.15, 0.2) is 0 Å². The molecule has 3 nitrogen and oxygen atoms in total. The average molecular weight is 353 g/mol. The molecule has 100 valence electrons. The first kappa shape index (κ1) is 15.1. The van der Waals surface area contributed by atoms with Crippen LogP contribution in [0.25, 0.3) is 0 Å². The van der Waals surface area contributed by atoms with Gasteiger partial charge in [0.05, 0.1) is 0 Å². The molecular formula is C13H24INO2. The molecule has 0 aromatic carbocycles. The summed E-state index contributed by atoms with van der Waals surface area (Å²) in [5.74, 6) is 0.620. The topological polar surface area (TPSA) is 29.5 Å². The molecular weight excluding hydrogens is 329 g/mol. The highest BCUT2D eigenvalue weighted by atomic mass is 127. The number of carbonyl (C=O) groups is 1. The summed E-state index contributed by atoms with van der Waals surface area (Å²) < 4.78 is 6.62. The minimum atomic E-state index is -0.408. The summed E-state index contributed by atoms with van der Waals surface area (Å²) in [5.41, 5.74) is -0.479. The van der Waals surface area contributed by atoms with Crippen molar-refractivity contribution in [3.8, 4) is 0 Å². The van der Waals surface area contributed by atoms with Gasteiger partial charge in [-0.3, -0.25) is 0 Å². The normalized spacial score (nSPS) is 23.9. The van der Waals surface area contributed by atoms with Gasteiger partial charge in [-0.2, -0.15) is 0 Å². The number of halogens is 1. The van der Waals surface area contributed by atoms with Crippen LogP contribution >= 0.6 is 22.6 Å². The lowest BCUT2D eigenvalue weighted by Crippen LogP contribution is -2.45. The Morgan fingerprint density at radius 1 is 1.47 bits per heavy atom. The van der Waals surface area contributed by atoms with Crippen LogP contribution in [-0.4, -0.2) is 33.1 Å². The Balaban J connectivity index is 2.67. The van der Waals surface area contributed by atoms with Gasteiger partial charge in [-0.25, -0.2) is 4.79 Å². The summed E-state index contributed by atoms with van der Waals surface area (Å²) in [6, 6.07) is 0. The minimum absolute atomic E-state index is 0.0706. The maximum atomic E-state index is 12.1. The van der Waals surface area contributed by atoms with Crippen molar-refractivity contribution in [1.82, 2.24) is 4.90 Å². The predicted octanol–water partition coefficient (Wildman–Crippen LogP) is 3.85. The number of hydrogen-bond donors (Lipinski definition) is 0. The molecule has 0 aromatic heterocycles. The van der Waals surface area contributed by atoms with Crippen molar-refractivity contribution in [2.45, 2.75) is 58.6 Å². The van der Waals surface area contributed by atoms with E-state index in [1.807, 2.05) is 25.7 Å². The zero-order valence-corrected chi connectivity index (χ0v) is 13.7. The van der Waals surface area contributed by atoms with Gasteiger partial charge in [0.2, 0.25) is 0 Å². The Morgan fingerprint density at radius 2 is 2.06 bits per heavy atom. The van der Waals surface area contributed by atoms with Crippen molar-refractivity contribution >= 4 is 28.7 Å². The van der Waals surface area contributed by atoms with Gasteiger partial charge in [0.1, 0.15) is 5.60 Å². The number of carbonyl (C=O) groups excluding carboxylic acids is 1. The zero-order valence-electron chi connectivity index (χ0n) is 11.5. The summed E-state index contributed by atoms with van der Waals surface area (Å²) in [6.07, 6.45) is 2.09. The summed E-state index contributed by atoms with van der Waals surface area (Å²) in [6.45, 7) is 10.8. The lowest BCUT2D eigenvalue weighted by atomic mass is 9.95. The monoisotopic (exact) mass is 353 g/mol. The number of ether oxygens (including phenoxy) is 1. The third-order valence-electron chi connectivity index (χ3n) is 3.09. The molecule has 0 N–H and O–H groups in total. The van der Waals surface area contributed by atoms with Crippen LogP contribution in [0.1, 0.15) is 47.5 Å². The third kappa shape index (κ3) is 4.30. The zero-order chi connectivity index (χ0) is 13.3. The predicted molar refractivity (Wildman–Crippen MR) is 78.6 cm³/mol. The number of rotatable bonds is 2. The van der Waals surface area contributed by atoms with Crippen LogP contribution in [0.3, 0.4) is 0 Å². The van der Waals surface area contributed by atoms with Crippen molar-refractivity contribution in [3.63, 3.8) is 0 Å². The Kier molecular flexibility index (Phi) is 4.72. The highest BCUT2D eigenvalue weighted by Gasteiger charge is 2.42. The molecule has 1 saturated heterocycles. The van der Waals surface area contributed by atoms with Crippen molar-refractivity contribution in [1.29, 1.82) is 0 Å². The molecule has 1 heterocycles. The van der Waals surface area contributed by atoms with Crippen LogP contribution in [0.5, 0.6) is 0 Å². The second-order valence-corrected chi connectivity index (χ2v) is 7.53. The highest BCUT2D eigenvalue weighted by molar-refractivity contribution is 14.1. The van der Waals surface area contributed by atoms with Crippen molar-refractivity contribution in [3.05, 3.63) is 0 Å². The molecule has 4 heteroatoms. The van der Waals surface area contributed by atoms with Crippen LogP contribution in [0.15, 0.2) is 0 Å². The summed E-state index contributed by atoms with van der Waals surface area (Å²) in [5, 5.41) is 0. The molecule has 0 spiro atoms. The van der Waals surface area contributed by atoms with E-state index in [1.54, 1.807) is 0 Å². The molecule has 1 aliphatic heterocycles. The Labute approximate surface area is 118 Å². The van der Waals surface area contributed by atoms with Crippen molar-refractivity contribution in [2.75, 3.05) is 11.0 Å². The molecule has 1 aliphatic rings. The van der Waals surface area contributed by atoms with E-state index < -0.39 is 5.60 Å². The third-order valence-corrected chi connectivity index (χ3v) is 3.71. The van der Waals surface area contributed by atoms with Gasteiger partial charge in [-0.15, -0.1) is 0 Å². The van der Waals surface area contributed by atoms with E-state index in [2.05, 4.69) is 36.4 Å². The fourth-order valence-corrected chi connectivity index (χ4v) is 3.25.